The Morgan fingerprint density at radius 1 is 0.958 bits per heavy atom. The molecule has 0 aliphatic heterocycles. The van der Waals surface area contributed by atoms with Crippen LogP contribution in [0.5, 0.6) is 0 Å². The number of benzene rings is 2. The predicted octanol–water partition coefficient (Wildman–Crippen LogP) is 3.33. The average Bonchev–Trinajstić information content (AvgIpc) is 2.62. The van der Waals surface area contributed by atoms with Gasteiger partial charge in [0.2, 0.25) is 0 Å². The number of aromatic amines is 1. The zero-order valence-corrected chi connectivity index (χ0v) is 12.6. The van der Waals surface area contributed by atoms with Gasteiger partial charge in [-0.1, -0.05) is 36.4 Å². The van der Waals surface area contributed by atoms with E-state index in [-0.39, 0.29) is 17.2 Å². The van der Waals surface area contributed by atoms with Gasteiger partial charge in [-0.2, -0.15) is 0 Å². The van der Waals surface area contributed by atoms with E-state index in [2.05, 4.69) is 15.3 Å². The minimum Gasteiger partial charge on any atom is -0.319 e. The Labute approximate surface area is 137 Å². The van der Waals surface area contributed by atoms with Crippen LogP contribution in [0.3, 0.4) is 0 Å². The molecule has 24 heavy (non-hydrogen) atoms. The smallest absolute Gasteiger partial charge is 0.272 e. The van der Waals surface area contributed by atoms with E-state index >= 15 is 0 Å². The number of rotatable bonds is 2. The van der Waals surface area contributed by atoms with Crippen LogP contribution in [0.25, 0.3) is 21.7 Å². The molecule has 2 N–H and O–H groups in total. The normalized spacial score (nSPS) is 10.8. The van der Waals surface area contributed by atoms with Crippen LogP contribution in [0.2, 0.25) is 0 Å². The Morgan fingerprint density at radius 2 is 1.75 bits per heavy atom. The van der Waals surface area contributed by atoms with Gasteiger partial charge < -0.3 is 10.3 Å². The van der Waals surface area contributed by atoms with Crippen molar-refractivity contribution in [2.45, 2.75) is 0 Å². The summed E-state index contributed by atoms with van der Waals surface area (Å²) in [5.74, 6) is -0.379. The number of hydrogen-bond donors (Lipinski definition) is 2. The molecule has 2 aromatic heterocycles. The van der Waals surface area contributed by atoms with E-state index in [0.29, 0.717) is 16.6 Å². The third kappa shape index (κ3) is 2.42. The summed E-state index contributed by atoms with van der Waals surface area (Å²) in [5, 5.41) is 5.04. The molecule has 5 nitrogen and oxygen atoms in total. The van der Waals surface area contributed by atoms with Crippen LogP contribution < -0.4 is 10.9 Å². The lowest BCUT2D eigenvalue weighted by Crippen LogP contribution is -2.19. The predicted molar refractivity (Wildman–Crippen MR) is 94.3 cm³/mol. The van der Waals surface area contributed by atoms with Gasteiger partial charge in [0.05, 0.1) is 11.2 Å². The van der Waals surface area contributed by atoms with E-state index < -0.39 is 0 Å². The van der Waals surface area contributed by atoms with Crippen LogP contribution in [-0.4, -0.2) is 15.9 Å². The largest absolute Gasteiger partial charge is 0.319 e. The number of carbonyl (C=O) groups excluding carboxylic acids is 1. The minimum atomic E-state index is -0.379. The summed E-state index contributed by atoms with van der Waals surface area (Å²) in [6.45, 7) is 0. The Kier molecular flexibility index (Phi) is 3.31. The number of nitrogens with zero attached hydrogens (tertiary/aromatic N) is 1. The number of fused-ring (bicyclic) bond motifs is 2. The number of H-pyrrole nitrogens is 1. The summed E-state index contributed by atoms with van der Waals surface area (Å²) in [6, 6.07) is 18.2. The number of anilines is 1. The van der Waals surface area contributed by atoms with Crippen LogP contribution in [0.15, 0.2) is 71.7 Å². The fraction of sp³-hybridized carbons (Fsp3) is 0. The first-order valence-corrected chi connectivity index (χ1v) is 7.49. The molecule has 0 saturated heterocycles. The molecular formula is C19H13N3O2. The number of hydrogen-bond acceptors (Lipinski definition) is 3. The Hall–Kier alpha value is -3.47. The maximum Gasteiger partial charge on any atom is 0.272 e. The van der Waals surface area contributed by atoms with Crippen molar-refractivity contribution >= 4 is 33.3 Å². The molecule has 0 aliphatic rings. The number of amides is 1. The fourth-order valence-electron chi connectivity index (χ4n) is 2.73. The summed E-state index contributed by atoms with van der Waals surface area (Å²) in [7, 11) is 0. The van der Waals surface area contributed by atoms with E-state index in [1.165, 1.54) is 0 Å². The molecular weight excluding hydrogens is 302 g/mol. The first-order valence-electron chi connectivity index (χ1n) is 7.49. The van der Waals surface area contributed by atoms with Crippen LogP contribution in [-0.2, 0) is 0 Å². The minimum absolute atomic E-state index is 0.214. The summed E-state index contributed by atoms with van der Waals surface area (Å²) >= 11 is 0. The molecule has 0 radical (unpaired) electrons. The molecule has 0 fully saturated rings. The summed E-state index contributed by atoms with van der Waals surface area (Å²) < 4.78 is 0. The third-order valence-electron chi connectivity index (χ3n) is 3.88. The van der Waals surface area contributed by atoms with Gasteiger partial charge in [-0.3, -0.25) is 14.6 Å². The summed E-state index contributed by atoms with van der Waals surface area (Å²) in [5.41, 5.74) is 1.24. The van der Waals surface area contributed by atoms with Gasteiger partial charge in [0.15, 0.2) is 0 Å². The molecule has 2 heterocycles. The van der Waals surface area contributed by atoms with Gasteiger partial charge >= 0.3 is 0 Å². The Morgan fingerprint density at radius 3 is 2.67 bits per heavy atom. The first kappa shape index (κ1) is 14.1. The van der Waals surface area contributed by atoms with Crippen LogP contribution >= 0.6 is 0 Å². The lowest BCUT2D eigenvalue weighted by Gasteiger charge is -2.08. The standard InChI is InChI=1S/C19H13N3O2/c23-18-14-8-2-1-5-13(14)11-16(22-18)19(24)21-15-9-3-6-12-7-4-10-20-17(12)15/h1-11H,(H,21,24)(H,22,23). The zero-order valence-electron chi connectivity index (χ0n) is 12.6. The van der Waals surface area contributed by atoms with Gasteiger partial charge in [-0.25, -0.2) is 0 Å². The molecule has 0 bridgehead atoms. The molecule has 0 unspecified atom stereocenters. The topological polar surface area (TPSA) is 74.8 Å². The lowest BCUT2D eigenvalue weighted by molar-refractivity contribution is 0.102. The highest BCUT2D eigenvalue weighted by molar-refractivity contribution is 6.08. The molecule has 4 rings (SSSR count). The van der Waals surface area contributed by atoms with E-state index in [0.717, 1.165) is 10.8 Å². The van der Waals surface area contributed by atoms with Crippen molar-refractivity contribution in [1.82, 2.24) is 9.97 Å². The van der Waals surface area contributed by atoms with Crippen molar-refractivity contribution < 1.29 is 4.79 Å². The van der Waals surface area contributed by atoms with E-state index in [1.54, 1.807) is 36.5 Å². The fourth-order valence-corrected chi connectivity index (χ4v) is 2.73. The average molecular weight is 315 g/mol. The molecule has 4 aromatic rings. The number of aromatic nitrogens is 2. The van der Waals surface area contributed by atoms with E-state index in [9.17, 15) is 9.59 Å². The monoisotopic (exact) mass is 315 g/mol. The highest BCUT2D eigenvalue weighted by Crippen LogP contribution is 2.21. The van der Waals surface area contributed by atoms with E-state index in [4.69, 9.17) is 0 Å². The van der Waals surface area contributed by atoms with Gasteiger partial charge in [0, 0.05) is 17.0 Å². The first-order chi connectivity index (χ1) is 11.7. The number of pyridine rings is 2. The van der Waals surface area contributed by atoms with E-state index in [1.807, 2.05) is 30.3 Å². The summed E-state index contributed by atoms with van der Waals surface area (Å²) in [4.78, 5) is 31.6. The molecule has 0 spiro atoms. The van der Waals surface area contributed by atoms with Crippen molar-refractivity contribution in [3.63, 3.8) is 0 Å². The number of carbonyl (C=O) groups is 1. The Balaban J connectivity index is 1.75. The van der Waals surface area contributed by atoms with Gasteiger partial charge in [-0.05, 0) is 29.7 Å². The molecule has 116 valence electrons. The Bertz CT molecular complexity index is 1130. The SMILES string of the molecule is O=C(Nc1cccc2cccnc12)c1cc2ccccc2c(=O)[nH]1. The van der Waals surface area contributed by atoms with Crippen molar-refractivity contribution in [1.29, 1.82) is 0 Å². The zero-order chi connectivity index (χ0) is 16.5. The molecule has 1 amide bonds. The highest BCUT2D eigenvalue weighted by Gasteiger charge is 2.11. The van der Waals surface area contributed by atoms with Gasteiger partial charge in [-0.15, -0.1) is 0 Å². The van der Waals surface area contributed by atoms with Crippen LogP contribution in [0.4, 0.5) is 5.69 Å². The summed E-state index contributed by atoms with van der Waals surface area (Å²) in [6.07, 6.45) is 1.68. The maximum atomic E-state index is 12.5. The van der Waals surface area contributed by atoms with Gasteiger partial charge in [0.25, 0.3) is 11.5 Å². The van der Waals surface area contributed by atoms with Crippen molar-refractivity contribution in [3.05, 3.63) is 82.9 Å². The lowest BCUT2D eigenvalue weighted by atomic mass is 10.1. The molecule has 2 aromatic carbocycles. The number of nitrogens with one attached hydrogen (secondary N) is 2. The van der Waals surface area contributed by atoms with Crippen molar-refractivity contribution in [2.24, 2.45) is 0 Å². The van der Waals surface area contributed by atoms with Crippen LogP contribution in [0.1, 0.15) is 10.5 Å². The maximum absolute atomic E-state index is 12.5. The van der Waals surface area contributed by atoms with Gasteiger partial charge in [0.1, 0.15) is 5.69 Å². The van der Waals surface area contributed by atoms with Crippen molar-refractivity contribution in [2.75, 3.05) is 5.32 Å². The second-order valence-electron chi connectivity index (χ2n) is 5.43. The molecule has 0 aliphatic carbocycles. The molecule has 5 heteroatoms. The second kappa shape index (κ2) is 5.62. The van der Waals surface area contributed by atoms with Crippen LogP contribution in [0, 0.1) is 0 Å². The quantitative estimate of drug-likeness (QED) is 0.596. The highest BCUT2D eigenvalue weighted by atomic mass is 16.2. The second-order valence-corrected chi connectivity index (χ2v) is 5.43. The van der Waals surface area contributed by atoms with Crippen molar-refractivity contribution in [3.8, 4) is 0 Å². The molecule has 0 saturated carbocycles. The number of para-hydroxylation sites is 1. The molecule has 0 atom stereocenters. The third-order valence-corrected chi connectivity index (χ3v) is 3.88.